The van der Waals surface area contributed by atoms with Crippen molar-refractivity contribution in [3.63, 3.8) is 0 Å². The van der Waals surface area contributed by atoms with Gasteiger partial charge in [0.25, 0.3) is 0 Å². The Balaban J connectivity index is 1.90. The second-order valence-electron chi connectivity index (χ2n) is 4.68. The van der Waals surface area contributed by atoms with E-state index in [1.165, 1.54) is 6.26 Å². The molecule has 108 valence electrons. The lowest BCUT2D eigenvalue weighted by Crippen LogP contribution is -2.23. The third-order valence-electron chi connectivity index (χ3n) is 3.07. The maximum atomic E-state index is 11.4. The Hall–Kier alpha value is -1.73. The monoisotopic (exact) mass is 294 g/mol. The fourth-order valence-electron chi connectivity index (χ4n) is 1.87. The average molecular weight is 294 g/mol. The molecule has 1 unspecified atom stereocenters. The fraction of sp³-hybridized carbons (Fsp3) is 0.385. The van der Waals surface area contributed by atoms with Gasteiger partial charge in [0.15, 0.2) is 9.84 Å². The van der Waals surface area contributed by atoms with Crippen LogP contribution in [-0.2, 0) is 16.4 Å². The lowest BCUT2D eigenvalue weighted by atomic mass is 10.1. The predicted molar refractivity (Wildman–Crippen MR) is 76.0 cm³/mol. The van der Waals surface area contributed by atoms with Gasteiger partial charge < -0.3 is 5.32 Å². The Kier molecular flexibility index (Phi) is 4.51. The molecular formula is C13H18N4O2S. The SMILES string of the molecule is CC(NCCn1ccnn1)c1ccc(S(C)(=O)=O)cc1. The van der Waals surface area contributed by atoms with E-state index in [-0.39, 0.29) is 6.04 Å². The zero-order chi connectivity index (χ0) is 14.6. The van der Waals surface area contributed by atoms with Crippen molar-refractivity contribution in [2.45, 2.75) is 24.4 Å². The number of nitrogens with zero attached hydrogens (tertiary/aromatic N) is 3. The van der Waals surface area contributed by atoms with Gasteiger partial charge in [-0.15, -0.1) is 5.10 Å². The van der Waals surface area contributed by atoms with Gasteiger partial charge in [0.1, 0.15) is 0 Å². The van der Waals surface area contributed by atoms with E-state index in [4.69, 9.17) is 0 Å². The Morgan fingerprint density at radius 2 is 2.00 bits per heavy atom. The summed E-state index contributed by atoms with van der Waals surface area (Å²) in [6.07, 6.45) is 4.67. The van der Waals surface area contributed by atoms with Crippen molar-refractivity contribution >= 4 is 9.84 Å². The molecule has 0 spiro atoms. The molecule has 6 nitrogen and oxygen atoms in total. The van der Waals surface area contributed by atoms with Crippen LogP contribution in [0.15, 0.2) is 41.6 Å². The lowest BCUT2D eigenvalue weighted by molar-refractivity contribution is 0.499. The minimum absolute atomic E-state index is 0.145. The lowest BCUT2D eigenvalue weighted by Gasteiger charge is -2.14. The summed E-state index contributed by atoms with van der Waals surface area (Å²) in [5.41, 5.74) is 1.05. The molecule has 0 saturated heterocycles. The van der Waals surface area contributed by atoms with E-state index in [0.717, 1.165) is 18.7 Å². The molecule has 0 aliphatic rings. The van der Waals surface area contributed by atoms with Crippen LogP contribution in [0.25, 0.3) is 0 Å². The Morgan fingerprint density at radius 1 is 1.30 bits per heavy atom. The number of nitrogens with one attached hydrogen (secondary N) is 1. The van der Waals surface area contributed by atoms with Crippen molar-refractivity contribution in [2.75, 3.05) is 12.8 Å². The second-order valence-corrected chi connectivity index (χ2v) is 6.70. The summed E-state index contributed by atoms with van der Waals surface area (Å²) >= 11 is 0. The Bertz CT molecular complexity index is 636. The van der Waals surface area contributed by atoms with E-state index >= 15 is 0 Å². The number of rotatable bonds is 6. The van der Waals surface area contributed by atoms with Gasteiger partial charge in [-0.3, -0.25) is 4.68 Å². The van der Waals surface area contributed by atoms with Gasteiger partial charge >= 0.3 is 0 Å². The minimum atomic E-state index is -3.13. The van der Waals surface area contributed by atoms with Gasteiger partial charge in [-0.2, -0.15) is 0 Å². The summed E-state index contributed by atoms with van der Waals surface area (Å²) in [5.74, 6) is 0. The van der Waals surface area contributed by atoms with Gasteiger partial charge in [0.2, 0.25) is 0 Å². The molecule has 1 atom stereocenters. The van der Waals surface area contributed by atoms with Crippen molar-refractivity contribution in [1.29, 1.82) is 0 Å². The van der Waals surface area contributed by atoms with Crippen LogP contribution >= 0.6 is 0 Å². The average Bonchev–Trinajstić information content (AvgIpc) is 2.91. The van der Waals surface area contributed by atoms with Gasteiger partial charge in [-0.1, -0.05) is 17.3 Å². The van der Waals surface area contributed by atoms with Crippen molar-refractivity contribution in [2.24, 2.45) is 0 Å². The van der Waals surface area contributed by atoms with Crippen LogP contribution in [-0.4, -0.2) is 36.2 Å². The van der Waals surface area contributed by atoms with Gasteiger partial charge in [-0.25, -0.2) is 8.42 Å². The molecule has 0 bridgehead atoms. The molecule has 1 aromatic carbocycles. The largest absolute Gasteiger partial charge is 0.308 e. The summed E-state index contributed by atoms with van der Waals surface area (Å²) in [6.45, 7) is 3.54. The molecule has 0 aliphatic heterocycles. The Labute approximate surface area is 118 Å². The predicted octanol–water partition coefficient (Wildman–Crippen LogP) is 1.03. The van der Waals surface area contributed by atoms with Gasteiger partial charge in [0, 0.05) is 25.0 Å². The maximum absolute atomic E-state index is 11.4. The molecular weight excluding hydrogens is 276 g/mol. The summed E-state index contributed by atoms with van der Waals surface area (Å²) < 4.78 is 24.5. The first-order valence-electron chi connectivity index (χ1n) is 6.34. The molecule has 1 heterocycles. The molecule has 2 rings (SSSR count). The molecule has 0 radical (unpaired) electrons. The maximum Gasteiger partial charge on any atom is 0.175 e. The van der Waals surface area contributed by atoms with Crippen molar-refractivity contribution < 1.29 is 8.42 Å². The molecule has 1 aromatic heterocycles. The van der Waals surface area contributed by atoms with Crippen LogP contribution in [0.4, 0.5) is 0 Å². The molecule has 7 heteroatoms. The van der Waals surface area contributed by atoms with Gasteiger partial charge in [0.05, 0.1) is 17.6 Å². The molecule has 20 heavy (non-hydrogen) atoms. The van der Waals surface area contributed by atoms with Crippen molar-refractivity contribution in [1.82, 2.24) is 20.3 Å². The molecule has 1 N–H and O–H groups in total. The third-order valence-corrected chi connectivity index (χ3v) is 4.20. The number of benzene rings is 1. The van der Waals surface area contributed by atoms with E-state index < -0.39 is 9.84 Å². The third kappa shape index (κ3) is 3.88. The smallest absolute Gasteiger partial charge is 0.175 e. The normalized spacial score (nSPS) is 13.3. The van der Waals surface area contributed by atoms with Crippen LogP contribution < -0.4 is 5.32 Å². The highest BCUT2D eigenvalue weighted by Gasteiger charge is 2.09. The standard InChI is InChI=1S/C13H18N4O2S/c1-11(14-7-9-17-10-8-15-16-17)12-3-5-13(6-4-12)20(2,18)19/h3-6,8,10-11,14H,7,9H2,1-2H3. The molecule has 2 aromatic rings. The number of aromatic nitrogens is 3. The zero-order valence-electron chi connectivity index (χ0n) is 11.5. The van der Waals surface area contributed by atoms with Crippen LogP contribution in [0.1, 0.15) is 18.5 Å². The topological polar surface area (TPSA) is 76.9 Å². The highest BCUT2D eigenvalue weighted by molar-refractivity contribution is 7.90. The zero-order valence-corrected chi connectivity index (χ0v) is 12.3. The molecule has 0 fully saturated rings. The van der Waals surface area contributed by atoms with Crippen molar-refractivity contribution in [3.05, 3.63) is 42.2 Å². The van der Waals surface area contributed by atoms with Crippen molar-refractivity contribution in [3.8, 4) is 0 Å². The summed E-state index contributed by atoms with van der Waals surface area (Å²) in [4.78, 5) is 0.344. The molecule has 0 amide bonds. The van der Waals surface area contributed by atoms with E-state index in [1.807, 2.05) is 25.3 Å². The highest BCUT2D eigenvalue weighted by atomic mass is 32.2. The molecule has 0 aliphatic carbocycles. The number of sulfone groups is 1. The van der Waals surface area contributed by atoms with Gasteiger partial charge in [-0.05, 0) is 24.6 Å². The van der Waals surface area contributed by atoms with Crippen LogP contribution in [0, 0.1) is 0 Å². The fourth-order valence-corrected chi connectivity index (χ4v) is 2.50. The second kappa shape index (κ2) is 6.15. The summed E-state index contributed by atoms with van der Waals surface area (Å²) in [6, 6.07) is 7.10. The van der Waals surface area contributed by atoms with E-state index in [1.54, 1.807) is 23.0 Å². The van der Waals surface area contributed by atoms with E-state index in [0.29, 0.717) is 4.90 Å². The van der Waals surface area contributed by atoms with E-state index in [9.17, 15) is 8.42 Å². The minimum Gasteiger partial charge on any atom is -0.308 e. The number of hydrogen-bond donors (Lipinski definition) is 1. The summed E-state index contributed by atoms with van der Waals surface area (Å²) in [5, 5.41) is 11.0. The van der Waals surface area contributed by atoms with E-state index in [2.05, 4.69) is 15.6 Å². The Morgan fingerprint density at radius 3 is 2.55 bits per heavy atom. The quantitative estimate of drug-likeness (QED) is 0.861. The molecule has 0 saturated carbocycles. The first kappa shape index (κ1) is 14.7. The number of hydrogen-bond acceptors (Lipinski definition) is 5. The first-order valence-corrected chi connectivity index (χ1v) is 8.23. The summed E-state index contributed by atoms with van der Waals surface area (Å²) in [7, 11) is -3.13. The van der Waals surface area contributed by atoms with Crippen LogP contribution in [0.2, 0.25) is 0 Å². The first-order chi connectivity index (χ1) is 9.47. The van der Waals surface area contributed by atoms with Crippen LogP contribution in [0.3, 0.4) is 0 Å². The van der Waals surface area contributed by atoms with Crippen LogP contribution in [0.5, 0.6) is 0 Å². The highest BCUT2D eigenvalue weighted by Crippen LogP contribution is 2.15.